The van der Waals surface area contributed by atoms with Crippen molar-refractivity contribution >= 4 is 11.6 Å². The van der Waals surface area contributed by atoms with Crippen LogP contribution in [0.3, 0.4) is 0 Å². The molecule has 1 heterocycles. The van der Waals surface area contributed by atoms with E-state index in [1.54, 1.807) is 0 Å². The van der Waals surface area contributed by atoms with Crippen LogP contribution in [0.4, 0.5) is 5.69 Å². The highest BCUT2D eigenvalue weighted by atomic mass is 16.3. The summed E-state index contributed by atoms with van der Waals surface area (Å²) in [5, 5.41) is 13.0. The van der Waals surface area contributed by atoms with E-state index in [2.05, 4.69) is 29.4 Å². The van der Waals surface area contributed by atoms with Gasteiger partial charge in [0.25, 0.3) is 0 Å². The fourth-order valence-corrected chi connectivity index (χ4v) is 2.60. The Morgan fingerprint density at radius 2 is 2.32 bits per heavy atom. The third-order valence-corrected chi connectivity index (χ3v) is 4.03. The highest BCUT2D eigenvalue weighted by Crippen LogP contribution is 2.30. The number of hydrogen-bond acceptors (Lipinski definition) is 3. The molecule has 1 amide bonds. The number of nitrogens with zero attached hydrogens (tertiary/aromatic N) is 1. The van der Waals surface area contributed by atoms with Gasteiger partial charge in [-0.05, 0) is 36.5 Å². The van der Waals surface area contributed by atoms with E-state index in [-0.39, 0.29) is 11.8 Å². The molecule has 19 heavy (non-hydrogen) atoms. The average molecular weight is 260 g/mol. The smallest absolute Gasteiger partial charge is 0.223 e. The predicted octanol–water partition coefficient (Wildman–Crippen LogP) is 1.24. The third-order valence-electron chi connectivity index (χ3n) is 4.03. The highest BCUT2D eigenvalue weighted by Gasteiger charge is 2.29. The summed E-state index contributed by atoms with van der Waals surface area (Å²) in [6.45, 7) is 1.34. The van der Waals surface area contributed by atoms with Crippen LogP contribution in [-0.2, 0) is 11.2 Å². The summed E-state index contributed by atoms with van der Waals surface area (Å²) in [6.07, 6.45) is 2.40. The highest BCUT2D eigenvalue weighted by molar-refractivity contribution is 5.80. The van der Waals surface area contributed by atoms with Crippen molar-refractivity contribution in [3.05, 3.63) is 29.3 Å². The number of likely N-dealkylation sites (N-methyl/N-ethyl adjacent to an activating group) is 1. The van der Waals surface area contributed by atoms with Crippen LogP contribution in [0.15, 0.2) is 18.2 Å². The molecule has 0 spiro atoms. The van der Waals surface area contributed by atoms with Crippen LogP contribution in [0.1, 0.15) is 30.1 Å². The molecule has 1 fully saturated rings. The van der Waals surface area contributed by atoms with Gasteiger partial charge in [-0.3, -0.25) is 4.79 Å². The van der Waals surface area contributed by atoms with Gasteiger partial charge in [0.2, 0.25) is 5.91 Å². The van der Waals surface area contributed by atoms with Crippen LogP contribution in [0, 0.1) is 5.92 Å². The molecule has 1 aromatic carbocycles. The summed E-state index contributed by atoms with van der Waals surface area (Å²) in [6, 6.07) is 6.07. The minimum atomic E-state index is -0.612. The van der Waals surface area contributed by atoms with Gasteiger partial charge in [-0.1, -0.05) is 12.1 Å². The fraction of sp³-hybridized carbons (Fsp3) is 0.533. The van der Waals surface area contributed by atoms with E-state index in [1.807, 2.05) is 6.07 Å². The van der Waals surface area contributed by atoms with Gasteiger partial charge in [-0.25, -0.2) is 0 Å². The lowest BCUT2D eigenvalue weighted by molar-refractivity contribution is -0.122. The molecular weight excluding hydrogens is 240 g/mol. The zero-order valence-corrected chi connectivity index (χ0v) is 11.2. The van der Waals surface area contributed by atoms with Crippen molar-refractivity contribution in [2.24, 2.45) is 5.92 Å². The number of aliphatic hydroxyl groups is 1. The third kappa shape index (κ3) is 2.59. The monoisotopic (exact) mass is 260 g/mol. The molecule has 0 saturated heterocycles. The normalized spacial score (nSPS) is 19.2. The van der Waals surface area contributed by atoms with E-state index < -0.39 is 6.10 Å². The molecule has 1 saturated carbocycles. The number of anilines is 1. The molecule has 1 aliphatic heterocycles. The Morgan fingerprint density at radius 1 is 1.53 bits per heavy atom. The largest absolute Gasteiger partial charge is 0.387 e. The maximum Gasteiger partial charge on any atom is 0.223 e. The molecule has 4 heteroatoms. The van der Waals surface area contributed by atoms with Crippen LogP contribution in [0.2, 0.25) is 0 Å². The Labute approximate surface area is 113 Å². The van der Waals surface area contributed by atoms with E-state index in [0.717, 1.165) is 31.4 Å². The second-order valence-electron chi connectivity index (χ2n) is 5.59. The molecule has 0 radical (unpaired) electrons. The van der Waals surface area contributed by atoms with Gasteiger partial charge in [0.05, 0.1) is 6.10 Å². The van der Waals surface area contributed by atoms with Gasteiger partial charge in [0.1, 0.15) is 0 Å². The lowest BCUT2D eigenvalue weighted by Gasteiger charge is -2.15. The summed E-state index contributed by atoms with van der Waals surface area (Å²) in [5.74, 6) is 0.279. The maximum absolute atomic E-state index is 11.5. The first-order valence-electron chi connectivity index (χ1n) is 6.95. The standard InChI is InChI=1S/C15H20N2O2/c1-17-7-6-11-8-12(4-5-13(11)17)14(18)9-16-15(19)10-2-3-10/h4-5,8,10,14,18H,2-3,6-7,9H2,1H3,(H,16,19). The number of rotatable bonds is 4. The van der Waals surface area contributed by atoms with Crippen molar-refractivity contribution in [2.75, 3.05) is 25.0 Å². The number of hydrogen-bond donors (Lipinski definition) is 2. The molecule has 3 rings (SSSR count). The van der Waals surface area contributed by atoms with Crippen molar-refractivity contribution in [1.82, 2.24) is 5.32 Å². The van der Waals surface area contributed by atoms with E-state index >= 15 is 0 Å². The van der Waals surface area contributed by atoms with Gasteiger partial charge in [0, 0.05) is 31.7 Å². The van der Waals surface area contributed by atoms with Crippen LogP contribution < -0.4 is 10.2 Å². The molecule has 102 valence electrons. The first-order valence-corrected chi connectivity index (χ1v) is 6.95. The van der Waals surface area contributed by atoms with Crippen LogP contribution >= 0.6 is 0 Å². The molecule has 1 aliphatic carbocycles. The van der Waals surface area contributed by atoms with E-state index in [1.165, 1.54) is 11.3 Å². The molecule has 2 N–H and O–H groups in total. The molecule has 0 aromatic heterocycles. The topological polar surface area (TPSA) is 52.6 Å². The van der Waals surface area contributed by atoms with E-state index in [9.17, 15) is 9.90 Å². The zero-order valence-electron chi connectivity index (χ0n) is 11.2. The predicted molar refractivity (Wildman–Crippen MR) is 74.1 cm³/mol. The Balaban J connectivity index is 1.63. The summed E-state index contributed by atoms with van der Waals surface area (Å²) in [7, 11) is 2.08. The maximum atomic E-state index is 11.5. The summed E-state index contributed by atoms with van der Waals surface area (Å²) in [5.41, 5.74) is 3.43. The zero-order chi connectivity index (χ0) is 13.4. The molecule has 4 nitrogen and oxygen atoms in total. The Kier molecular flexibility index (Phi) is 3.19. The molecule has 0 bridgehead atoms. The fourth-order valence-electron chi connectivity index (χ4n) is 2.60. The second kappa shape index (κ2) is 4.85. The number of carbonyl (C=O) groups is 1. The Morgan fingerprint density at radius 3 is 3.05 bits per heavy atom. The van der Waals surface area contributed by atoms with Crippen LogP contribution in [0.25, 0.3) is 0 Å². The Hall–Kier alpha value is -1.55. The first-order chi connectivity index (χ1) is 9.15. The summed E-state index contributed by atoms with van der Waals surface area (Å²) in [4.78, 5) is 13.8. The van der Waals surface area contributed by atoms with Crippen molar-refractivity contribution in [1.29, 1.82) is 0 Å². The number of carbonyl (C=O) groups excluding carboxylic acids is 1. The number of fused-ring (bicyclic) bond motifs is 1. The van der Waals surface area contributed by atoms with E-state index in [0.29, 0.717) is 6.54 Å². The van der Waals surface area contributed by atoms with Crippen molar-refractivity contribution in [2.45, 2.75) is 25.4 Å². The lowest BCUT2D eigenvalue weighted by Crippen LogP contribution is -2.29. The van der Waals surface area contributed by atoms with Gasteiger partial charge in [-0.15, -0.1) is 0 Å². The quantitative estimate of drug-likeness (QED) is 0.856. The van der Waals surface area contributed by atoms with Crippen molar-refractivity contribution in [3.63, 3.8) is 0 Å². The van der Waals surface area contributed by atoms with Gasteiger partial charge in [0.15, 0.2) is 0 Å². The van der Waals surface area contributed by atoms with Gasteiger partial charge < -0.3 is 15.3 Å². The van der Waals surface area contributed by atoms with Crippen molar-refractivity contribution < 1.29 is 9.90 Å². The molecule has 1 atom stereocenters. The van der Waals surface area contributed by atoms with Gasteiger partial charge >= 0.3 is 0 Å². The SMILES string of the molecule is CN1CCc2cc(C(O)CNC(=O)C3CC3)ccc21. The summed E-state index contributed by atoms with van der Waals surface area (Å²) >= 11 is 0. The molecule has 1 unspecified atom stereocenters. The average Bonchev–Trinajstić information content (AvgIpc) is 3.21. The van der Waals surface area contributed by atoms with Crippen molar-refractivity contribution in [3.8, 4) is 0 Å². The minimum Gasteiger partial charge on any atom is -0.387 e. The minimum absolute atomic E-state index is 0.0833. The Bertz CT molecular complexity index is 497. The number of amides is 1. The van der Waals surface area contributed by atoms with E-state index in [4.69, 9.17) is 0 Å². The number of benzene rings is 1. The molecule has 1 aromatic rings. The second-order valence-corrected chi connectivity index (χ2v) is 5.59. The number of aliphatic hydroxyl groups excluding tert-OH is 1. The van der Waals surface area contributed by atoms with Crippen LogP contribution in [0.5, 0.6) is 0 Å². The lowest BCUT2D eigenvalue weighted by atomic mass is 10.0. The van der Waals surface area contributed by atoms with Crippen LogP contribution in [-0.4, -0.2) is 31.2 Å². The first kappa shape index (κ1) is 12.5. The molecular formula is C15H20N2O2. The van der Waals surface area contributed by atoms with Gasteiger partial charge in [-0.2, -0.15) is 0 Å². The molecule has 2 aliphatic rings. The number of nitrogens with one attached hydrogen (secondary N) is 1. The summed E-state index contributed by atoms with van der Waals surface area (Å²) < 4.78 is 0.